The van der Waals surface area contributed by atoms with Gasteiger partial charge in [-0.25, -0.2) is 12.8 Å². The standard InChI is InChI=1S/C13H16FN3O2S/c1-17-8-6-13(10-15,7-9-17)16-20(18,19)12-5-3-2-4-11(12)14/h2-5,16H,6-9H2,1H3. The van der Waals surface area contributed by atoms with Crippen LogP contribution in [0.5, 0.6) is 0 Å². The van der Waals surface area contributed by atoms with Crippen molar-refractivity contribution in [1.82, 2.24) is 9.62 Å². The molecule has 0 spiro atoms. The van der Waals surface area contributed by atoms with Crippen LogP contribution in [0.4, 0.5) is 4.39 Å². The van der Waals surface area contributed by atoms with Crippen LogP contribution < -0.4 is 4.72 Å². The van der Waals surface area contributed by atoms with Gasteiger partial charge in [0.1, 0.15) is 16.3 Å². The molecule has 1 aliphatic heterocycles. The minimum absolute atomic E-state index is 0.383. The molecule has 108 valence electrons. The Bertz CT molecular complexity index is 631. The van der Waals surface area contributed by atoms with Crippen molar-refractivity contribution >= 4 is 10.0 Å². The van der Waals surface area contributed by atoms with Gasteiger partial charge in [0, 0.05) is 13.1 Å². The second-order valence-corrected chi connectivity index (χ2v) is 6.68. The Kier molecular flexibility index (Phi) is 4.09. The van der Waals surface area contributed by atoms with Gasteiger partial charge in [-0.1, -0.05) is 12.1 Å². The van der Waals surface area contributed by atoms with E-state index in [4.69, 9.17) is 0 Å². The van der Waals surface area contributed by atoms with Crippen LogP contribution >= 0.6 is 0 Å². The lowest BCUT2D eigenvalue weighted by Crippen LogP contribution is -2.53. The molecule has 0 atom stereocenters. The maximum Gasteiger partial charge on any atom is 0.244 e. The minimum Gasteiger partial charge on any atom is -0.306 e. The number of likely N-dealkylation sites (tertiary alicyclic amines) is 1. The minimum atomic E-state index is -4.04. The van der Waals surface area contributed by atoms with Crippen molar-refractivity contribution in [2.75, 3.05) is 20.1 Å². The zero-order chi connectivity index (χ0) is 14.8. The summed E-state index contributed by atoms with van der Waals surface area (Å²) in [5.41, 5.74) is -1.16. The number of rotatable bonds is 3. The van der Waals surface area contributed by atoms with Gasteiger partial charge in [0.05, 0.1) is 6.07 Å². The second kappa shape index (κ2) is 5.48. The monoisotopic (exact) mass is 297 g/mol. The summed E-state index contributed by atoms with van der Waals surface area (Å²) in [6.07, 6.45) is 0.765. The topological polar surface area (TPSA) is 73.2 Å². The number of hydrogen-bond acceptors (Lipinski definition) is 4. The lowest BCUT2D eigenvalue weighted by molar-refractivity contribution is 0.213. The van der Waals surface area contributed by atoms with Crippen LogP contribution in [0.2, 0.25) is 0 Å². The molecule has 7 heteroatoms. The molecule has 1 aromatic rings. The Hall–Kier alpha value is -1.49. The van der Waals surface area contributed by atoms with E-state index < -0.39 is 26.3 Å². The van der Waals surface area contributed by atoms with Crippen LogP contribution in [-0.4, -0.2) is 39.0 Å². The third-order valence-corrected chi connectivity index (χ3v) is 5.08. The van der Waals surface area contributed by atoms with Crippen LogP contribution in [-0.2, 0) is 10.0 Å². The summed E-state index contributed by atoms with van der Waals surface area (Å²) in [4.78, 5) is 1.60. The van der Waals surface area contributed by atoms with Crippen molar-refractivity contribution in [3.8, 4) is 6.07 Å². The van der Waals surface area contributed by atoms with Crippen LogP contribution in [0.15, 0.2) is 29.2 Å². The molecule has 0 amide bonds. The molecule has 1 fully saturated rings. The third kappa shape index (κ3) is 2.98. The first-order chi connectivity index (χ1) is 9.38. The predicted octanol–water partition coefficient (Wildman–Crippen LogP) is 1.09. The van der Waals surface area contributed by atoms with Gasteiger partial charge in [-0.2, -0.15) is 9.98 Å². The van der Waals surface area contributed by atoms with Gasteiger partial charge in [-0.3, -0.25) is 0 Å². The molecule has 0 aromatic heterocycles. The first kappa shape index (κ1) is 14.9. The lowest BCUT2D eigenvalue weighted by atomic mass is 9.91. The Labute approximate surface area is 118 Å². The van der Waals surface area contributed by atoms with Gasteiger partial charge < -0.3 is 4.90 Å². The molecule has 20 heavy (non-hydrogen) atoms. The number of sulfonamides is 1. The molecule has 1 N–H and O–H groups in total. The van der Waals surface area contributed by atoms with Crippen molar-refractivity contribution in [2.24, 2.45) is 0 Å². The molecule has 5 nitrogen and oxygen atoms in total. The maximum absolute atomic E-state index is 13.6. The molecule has 0 saturated carbocycles. The van der Waals surface area contributed by atoms with E-state index in [2.05, 4.69) is 4.72 Å². The molecule has 1 heterocycles. The van der Waals surface area contributed by atoms with E-state index >= 15 is 0 Å². The molecule has 0 aliphatic carbocycles. The van der Waals surface area contributed by atoms with Crippen molar-refractivity contribution in [3.63, 3.8) is 0 Å². The highest BCUT2D eigenvalue weighted by atomic mass is 32.2. The average Bonchev–Trinajstić information content (AvgIpc) is 2.42. The van der Waals surface area contributed by atoms with Gasteiger partial charge in [-0.15, -0.1) is 0 Å². The van der Waals surface area contributed by atoms with E-state index in [1.54, 1.807) is 0 Å². The zero-order valence-corrected chi connectivity index (χ0v) is 12.0. The highest BCUT2D eigenvalue weighted by molar-refractivity contribution is 7.89. The highest BCUT2D eigenvalue weighted by Crippen LogP contribution is 2.24. The van der Waals surface area contributed by atoms with Crippen molar-refractivity contribution in [3.05, 3.63) is 30.1 Å². The summed E-state index contributed by atoms with van der Waals surface area (Å²) in [5, 5.41) is 9.32. The number of benzene rings is 1. The molecule has 0 radical (unpaired) electrons. The summed E-state index contributed by atoms with van der Waals surface area (Å²) < 4.78 is 40.5. The number of nitrogens with one attached hydrogen (secondary N) is 1. The predicted molar refractivity (Wildman–Crippen MR) is 71.8 cm³/mol. The van der Waals surface area contributed by atoms with Crippen molar-refractivity contribution in [1.29, 1.82) is 5.26 Å². The van der Waals surface area contributed by atoms with Crippen LogP contribution in [0.3, 0.4) is 0 Å². The fourth-order valence-corrected chi connectivity index (χ4v) is 3.67. The Morgan fingerprint density at radius 3 is 2.50 bits per heavy atom. The van der Waals surface area contributed by atoms with Crippen molar-refractivity contribution < 1.29 is 12.8 Å². The normalized spacial score (nSPS) is 19.4. The van der Waals surface area contributed by atoms with E-state index in [1.165, 1.54) is 18.2 Å². The van der Waals surface area contributed by atoms with E-state index in [0.29, 0.717) is 25.9 Å². The molecule has 1 aliphatic rings. The van der Waals surface area contributed by atoms with Crippen LogP contribution in [0, 0.1) is 17.1 Å². The fraction of sp³-hybridized carbons (Fsp3) is 0.462. The van der Waals surface area contributed by atoms with E-state index in [-0.39, 0.29) is 0 Å². The van der Waals surface area contributed by atoms with Gasteiger partial charge >= 0.3 is 0 Å². The number of piperidine rings is 1. The molecule has 1 saturated heterocycles. The Balaban J connectivity index is 2.28. The summed E-state index contributed by atoms with van der Waals surface area (Å²) in [6.45, 7) is 1.24. The number of nitriles is 1. The smallest absolute Gasteiger partial charge is 0.244 e. The molecule has 2 rings (SSSR count). The first-order valence-electron chi connectivity index (χ1n) is 6.27. The van der Waals surface area contributed by atoms with Gasteiger partial charge in [0.2, 0.25) is 10.0 Å². The second-order valence-electron chi connectivity index (χ2n) is 5.03. The molecule has 0 unspecified atom stereocenters. The summed E-state index contributed by atoms with van der Waals surface area (Å²) in [7, 11) is -2.14. The molecule has 0 bridgehead atoms. The molecular formula is C13H16FN3O2S. The van der Waals surface area contributed by atoms with Crippen LogP contribution in [0.1, 0.15) is 12.8 Å². The van der Waals surface area contributed by atoms with Gasteiger partial charge in [-0.05, 0) is 32.0 Å². The number of nitrogens with zero attached hydrogens (tertiary/aromatic N) is 2. The molecular weight excluding hydrogens is 281 g/mol. The Morgan fingerprint density at radius 1 is 1.35 bits per heavy atom. The van der Waals surface area contributed by atoms with Crippen LogP contribution in [0.25, 0.3) is 0 Å². The molecule has 1 aromatic carbocycles. The largest absolute Gasteiger partial charge is 0.306 e. The lowest BCUT2D eigenvalue weighted by Gasteiger charge is -2.35. The summed E-state index contributed by atoms with van der Waals surface area (Å²) in [6, 6.07) is 7.19. The SMILES string of the molecule is CN1CCC(C#N)(NS(=O)(=O)c2ccccc2F)CC1. The number of halogens is 1. The van der Waals surface area contributed by atoms with Gasteiger partial charge in [0.15, 0.2) is 0 Å². The zero-order valence-electron chi connectivity index (χ0n) is 11.1. The fourth-order valence-electron chi connectivity index (χ4n) is 2.21. The average molecular weight is 297 g/mol. The highest BCUT2D eigenvalue weighted by Gasteiger charge is 2.38. The van der Waals surface area contributed by atoms with Gasteiger partial charge in [0.25, 0.3) is 0 Å². The van der Waals surface area contributed by atoms with E-state index in [1.807, 2.05) is 18.0 Å². The number of hydrogen-bond donors (Lipinski definition) is 1. The van der Waals surface area contributed by atoms with E-state index in [9.17, 15) is 18.1 Å². The third-order valence-electron chi connectivity index (χ3n) is 3.51. The Morgan fingerprint density at radius 2 is 1.95 bits per heavy atom. The quantitative estimate of drug-likeness (QED) is 0.906. The van der Waals surface area contributed by atoms with Crippen molar-refractivity contribution in [2.45, 2.75) is 23.3 Å². The maximum atomic E-state index is 13.6. The summed E-state index contributed by atoms with van der Waals surface area (Å²) in [5.74, 6) is -0.819. The summed E-state index contributed by atoms with van der Waals surface area (Å²) >= 11 is 0. The first-order valence-corrected chi connectivity index (χ1v) is 7.75. The van der Waals surface area contributed by atoms with E-state index in [0.717, 1.165) is 6.07 Å².